The van der Waals surface area contributed by atoms with Crippen molar-refractivity contribution in [2.24, 2.45) is 0 Å². The molecule has 0 saturated heterocycles. The fraction of sp³-hybridized carbons (Fsp3) is 0.333. The topological polar surface area (TPSA) is 102 Å². The van der Waals surface area contributed by atoms with Crippen molar-refractivity contribution in [1.82, 2.24) is 15.2 Å². The molecule has 8 nitrogen and oxygen atoms in total. The van der Waals surface area contributed by atoms with Gasteiger partial charge < -0.3 is 14.6 Å². The molecule has 2 aromatic heterocycles. The predicted octanol–water partition coefficient (Wildman–Crippen LogP) is 5.70. The lowest BCUT2D eigenvalue weighted by Crippen LogP contribution is -2.34. The van der Waals surface area contributed by atoms with Gasteiger partial charge in [-0.15, -0.1) is 0 Å². The average molecular weight is 477 g/mol. The Balaban J connectivity index is 1.71. The predicted molar refractivity (Wildman–Crippen MR) is 139 cm³/mol. The minimum absolute atomic E-state index is 0.0595. The van der Waals surface area contributed by atoms with Crippen LogP contribution in [-0.2, 0) is 0 Å². The first-order valence-corrected chi connectivity index (χ1v) is 11.9. The molecule has 0 aliphatic rings. The number of furan rings is 1. The number of amides is 1. The first-order valence-electron chi connectivity index (χ1n) is 11.9. The third-order valence-corrected chi connectivity index (χ3v) is 5.80. The molecule has 184 valence electrons. The molecule has 3 rings (SSSR count). The molecule has 1 aromatic carbocycles. The van der Waals surface area contributed by atoms with E-state index in [1.807, 2.05) is 31.2 Å². The van der Waals surface area contributed by atoms with Crippen LogP contribution >= 0.6 is 0 Å². The maximum atomic E-state index is 13.1. The van der Waals surface area contributed by atoms with E-state index < -0.39 is 4.92 Å². The number of nitrogens with zero attached hydrogens (tertiary/aromatic N) is 3. The number of carbonyl (C=O) groups is 1. The normalized spacial score (nSPS) is 12.7. The number of hydrogen-bond acceptors (Lipinski definition) is 6. The van der Waals surface area contributed by atoms with Gasteiger partial charge in [-0.2, -0.15) is 0 Å². The fourth-order valence-corrected chi connectivity index (χ4v) is 3.84. The van der Waals surface area contributed by atoms with Gasteiger partial charge in [0.1, 0.15) is 10.7 Å². The number of para-hydroxylation sites is 1. The van der Waals surface area contributed by atoms with Crippen LogP contribution in [0.25, 0.3) is 23.1 Å². The summed E-state index contributed by atoms with van der Waals surface area (Å²) in [5.41, 5.74) is 1.95. The molecule has 0 fully saturated rings. The molecule has 1 N–H and O–H groups in total. The third kappa shape index (κ3) is 7.35. The third-order valence-electron chi connectivity index (χ3n) is 5.80. The van der Waals surface area contributed by atoms with Gasteiger partial charge in [0.2, 0.25) is 0 Å². The maximum absolute atomic E-state index is 13.1. The van der Waals surface area contributed by atoms with Crippen molar-refractivity contribution in [2.45, 2.75) is 39.7 Å². The van der Waals surface area contributed by atoms with E-state index in [-0.39, 0.29) is 17.8 Å². The smallest absolute Gasteiger partial charge is 0.401 e. The summed E-state index contributed by atoms with van der Waals surface area (Å²) in [6.07, 6.45) is 8.80. The second kappa shape index (κ2) is 12.6. The molecular formula is C27H32N4O4. The summed E-state index contributed by atoms with van der Waals surface area (Å²) in [4.78, 5) is 30.3. The molecule has 0 saturated carbocycles. The zero-order valence-corrected chi connectivity index (χ0v) is 20.4. The summed E-state index contributed by atoms with van der Waals surface area (Å²) >= 11 is 0. The number of rotatable bonds is 12. The molecular weight excluding hydrogens is 444 g/mol. The molecule has 35 heavy (non-hydrogen) atoms. The van der Waals surface area contributed by atoms with Crippen LogP contribution in [0.5, 0.6) is 0 Å². The van der Waals surface area contributed by atoms with E-state index in [1.54, 1.807) is 30.4 Å². The number of pyridine rings is 1. The number of hydrogen-bond donors (Lipinski definition) is 1. The number of fused-ring (bicyclic) bond motifs is 1. The van der Waals surface area contributed by atoms with Crippen molar-refractivity contribution in [1.29, 1.82) is 0 Å². The highest BCUT2D eigenvalue weighted by molar-refractivity contribution is 6.06. The first kappa shape index (κ1) is 25.8. The van der Waals surface area contributed by atoms with Crippen LogP contribution < -0.4 is 5.32 Å². The van der Waals surface area contributed by atoms with Gasteiger partial charge in [0, 0.05) is 11.4 Å². The number of benzene rings is 1. The molecule has 1 unspecified atom stereocenters. The van der Waals surface area contributed by atoms with Gasteiger partial charge in [-0.1, -0.05) is 44.2 Å². The van der Waals surface area contributed by atoms with Crippen molar-refractivity contribution < 1.29 is 14.1 Å². The Morgan fingerprint density at radius 1 is 1.17 bits per heavy atom. The molecule has 1 amide bonds. The minimum Gasteiger partial charge on any atom is -0.401 e. The fourth-order valence-electron chi connectivity index (χ4n) is 3.84. The SMILES string of the molecule is CCN(CC)CCCC(C)NC(=O)c1cc(C=CC=Cc2ccc([N+](=O)[O-])o2)nc2ccccc12. The summed E-state index contributed by atoms with van der Waals surface area (Å²) in [6, 6.07) is 12.3. The quantitative estimate of drug-likeness (QED) is 0.204. The van der Waals surface area contributed by atoms with Gasteiger partial charge in [0.15, 0.2) is 0 Å². The standard InChI is InChI=1S/C27H32N4O4/c1-4-30(5-2)18-10-11-20(3)28-27(32)24-19-21(29-25-15-9-8-14-23(24)25)12-6-7-13-22-16-17-26(35-22)31(33)34/h6-9,12-17,19-20H,4-5,10-11,18H2,1-3H3,(H,28,32). The largest absolute Gasteiger partial charge is 0.433 e. The molecule has 0 aliphatic heterocycles. The van der Waals surface area contributed by atoms with Crippen molar-refractivity contribution >= 4 is 34.8 Å². The van der Waals surface area contributed by atoms with Gasteiger partial charge >= 0.3 is 5.88 Å². The van der Waals surface area contributed by atoms with Gasteiger partial charge in [0.05, 0.1) is 22.8 Å². The van der Waals surface area contributed by atoms with Gasteiger partial charge in [-0.05, 0) is 69.8 Å². The summed E-state index contributed by atoms with van der Waals surface area (Å²) < 4.78 is 5.11. The van der Waals surface area contributed by atoms with Crippen LogP contribution in [0, 0.1) is 10.1 Å². The summed E-state index contributed by atoms with van der Waals surface area (Å²) in [5, 5.41) is 14.7. The lowest BCUT2D eigenvalue weighted by molar-refractivity contribution is -0.402. The second-order valence-corrected chi connectivity index (χ2v) is 8.31. The monoisotopic (exact) mass is 476 g/mol. The molecule has 2 heterocycles. The van der Waals surface area contributed by atoms with Crippen molar-refractivity contribution in [3.63, 3.8) is 0 Å². The van der Waals surface area contributed by atoms with Crippen molar-refractivity contribution in [3.8, 4) is 0 Å². The Hall–Kier alpha value is -3.78. The zero-order chi connectivity index (χ0) is 25.2. The second-order valence-electron chi connectivity index (χ2n) is 8.31. The minimum atomic E-state index is -0.579. The lowest BCUT2D eigenvalue weighted by Gasteiger charge is -2.20. The van der Waals surface area contributed by atoms with E-state index in [2.05, 4.69) is 29.0 Å². The van der Waals surface area contributed by atoms with Crippen LogP contribution in [0.3, 0.4) is 0 Å². The first-order chi connectivity index (χ1) is 16.9. The summed E-state index contributed by atoms with van der Waals surface area (Å²) in [7, 11) is 0. The zero-order valence-electron chi connectivity index (χ0n) is 20.4. The molecule has 1 atom stereocenters. The van der Waals surface area contributed by atoms with E-state index >= 15 is 0 Å². The number of carbonyl (C=O) groups excluding carboxylic acids is 1. The number of allylic oxidation sites excluding steroid dienone is 2. The Morgan fingerprint density at radius 3 is 2.63 bits per heavy atom. The molecule has 8 heteroatoms. The Morgan fingerprint density at radius 2 is 1.91 bits per heavy atom. The van der Waals surface area contributed by atoms with E-state index in [4.69, 9.17) is 4.42 Å². The van der Waals surface area contributed by atoms with E-state index in [0.717, 1.165) is 43.4 Å². The highest BCUT2D eigenvalue weighted by atomic mass is 16.6. The number of aromatic nitrogens is 1. The van der Waals surface area contributed by atoms with Gasteiger partial charge in [-0.3, -0.25) is 14.9 Å². The van der Waals surface area contributed by atoms with Crippen molar-refractivity contribution in [3.05, 3.63) is 81.7 Å². The van der Waals surface area contributed by atoms with Gasteiger partial charge in [-0.25, -0.2) is 4.98 Å². The van der Waals surface area contributed by atoms with E-state index in [0.29, 0.717) is 17.0 Å². The van der Waals surface area contributed by atoms with E-state index in [9.17, 15) is 14.9 Å². The molecule has 0 bridgehead atoms. The van der Waals surface area contributed by atoms with Crippen LogP contribution in [0.1, 0.15) is 55.4 Å². The molecule has 0 aliphatic carbocycles. The average Bonchev–Trinajstić information content (AvgIpc) is 3.33. The highest BCUT2D eigenvalue weighted by Crippen LogP contribution is 2.20. The van der Waals surface area contributed by atoms with Crippen LogP contribution in [-0.4, -0.2) is 46.4 Å². The Bertz CT molecular complexity index is 1210. The van der Waals surface area contributed by atoms with Gasteiger partial charge in [0.25, 0.3) is 5.91 Å². The summed E-state index contributed by atoms with van der Waals surface area (Å²) in [5.74, 6) is -0.0438. The Labute approximate surface area is 205 Å². The van der Waals surface area contributed by atoms with Crippen LogP contribution in [0.4, 0.5) is 5.88 Å². The number of nitro groups is 1. The Kier molecular flexibility index (Phi) is 9.31. The molecule has 3 aromatic rings. The number of nitrogens with one attached hydrogen (secondary N) is 1. The van der Waals surface area contributed by atoms with E-state index in [1.165, 1.54) is 12.1 Å². The van der Waals surface area contributed by atoms with Crippen molar-refractivity contribution in [2.75, 3.05) is 19.6 Å². The molecule has 0 spiro atoms. The van der Waals surface area contributed by atoms with Crippen LogP contribution in [0.2, 0.25) is 0 Å². The highest BCUT2D eigenvalue weighted by Gasteiger charge is 2.15. The summed E-state index contributed by atoms with van der Waals surface area (Å²) in [6.45, 7) is 9.45. The molecule has 0 radical (unpaired) electrons. The van der Waals surface area contributed by atoms with Crippen LogP contribution in [0.15, 0.2) is 59.0 Å². The lowest BCUT2D eigenvalue weighted by atomic mass is 10.1. The maximum Gasteiger partial charge on any atom is 0.433 e.